The van der Waals surface area contributed by atoms with Crippen LogP contribution in [0.1, 0.15) is 15.9 Å². The SMILES string of the molecule is O=C(O)c1c(F)cc(CNO)cc1F. The van der Waals surface area contributed by atoms with E-state index in [-0.39, 0.29) is 12.1 Å². The lowest BCUT2D eigenvalue weighted by atomic mass is 10.1. The van der Waals surface area contributed by atoms with Crippen LogP contribution in [0.5, 0.6) is 0 Å². The van der Waals surface area contributed by atoms with Crippen molar-refractivity contribution in [3.8, 4) is 0 Å². The summed E-state index contributed by atoms with van der Waals surface area (Å²) >= 11 is 0. The molecule has 0 atom stereocenters. The van der Waals surface area contributed by atoms with Crippen LogP contribution in [-0.4, -0.2) is 16.3 Å². The molecule has 0 aliphatic heterocycles. The maximum Gasteiger partial charge on any atom is 0.341 e. The van der Waals surface area contributed by atoms with Gasteiger partial charge in [-0.25, -0.2) is 19.1 Å². The Morgan fingerprint density at radius 2 is 1.86 bits per heavy atom. The fourth-order valence-corrected chi connectivity index (χ4v) is 1.02. The Labute approximate surface area is 77.7 Å². The zero-order valence-electron chi connectivity index (χ0n) is 6.92. The second kappa shape index (κ2) is 4.12. The Balaban J connectivity index is 3.18. The van der Waals surface area contributed by atoms with Crippen molar-refractivity contribution < 1.29 is 23.9 Å². The molecule has 0 spiro atoms. The highest BCUT2D eigenvalue weighted by Crippen LogP contribution is 2.15. The zero-order chi connectivity index (χ0) is 10.7. The van der Waals surface area contributed by atoms with Crippen LogP contribution in [0.3, 0.4) is 0 Å². The van der Waals surface area contributed by atoms with Crippen LogP contribution in [-0.2, 0) is 6.54 Å². The van der Waals surface area contributed by atoms with E-state index in [1.165, 1.54) is 0 Å². The van der Waals surface area contributed by atoms with Gasteiger partial charge in [-0.15, -0.1) is 0 Å². The van der Waals surface area contributed by atoms with Crippen LogP contribution in [0.2, 0.25) is 0 Å². The Morgan fingerprint density at radius 1 is 1.36 bits per heavy atom. The summed E-state index contributed by atoms with van der Waals surface area (Å²) in [6.07, 6.45) is 0. The smallest absolute Gasteiger partial charge is 0.341 e. The molecule has 0 aliphatic carbocycles. The van der Waals surface area contributed by atoms with Crippen molar-refractivity contribution in [1.82, 2.24) is 5.48 Å². The number of carbonyl (C=O) groups is 1. The molecule has 0 fully saturated rings. The molecule has 4 nitrogen and oxygen atoms in total. The summed E-state index contributed by atoms with van der Waals surface area (Å²) in [7, 11) is 0. The first-order valence-electron chi connectivity index (χ1n) is 3.64. The number of hydrogen-bond donors (Lipinski definition) is 3. The summed E-state index contributed by atoms with van der Waals surface area (Å²) in [5.74, 6) is -3.99. The van der Waals surface area contributed by atoms with Gasteiger partial charge in [0.2, 0.25) is 0 Å². The third-order valence-electron chi connectivity index (χ3n) is 1.60. The molecule has 1 rings (SSSR count). The van der Waals surface area contributed by atoms with Crippen LogP contribution in [0, 0.1) is 11.6 Å². The Bertz CT molecular complexity index is 345. The number of carboxylic acids is 1. The normalized spacial score (nSPS) is 10.2. The predicted molar refractivity (Wildman–Crippen MR) is 41.9 cm³/mol. The quantitative estimate of drug-likeness (QED) is 0.644. The van der Waals surface area contributed by atoms with Gasteiger partial charge in [0.1, 0.15) is 17.2 Å². The molecule has 0 aliphatic rings. The number of hydroxylamine groups is 1. The van der Waals surface area contributed by atoms with Gasteiger partial charge in [-0.05, 0) is 17.7 Å². The summed E-state index contributed by atoms with van der Waals surface area (Å²) in [5.41, 5.74) is 0.831. The van der Waals surface area contributed by atoms with E-state index in [4.69, 9.17) is 10.3 Å². The summed E-state index contributed by atoms with van der Waals surface area (Å²) in [4.78, 5) is 10.4. The van der Waals surface area contributed by atoms with Gasteiger partial charge in [0.25, 0.3) is 0 Å². The summed E-state index contributed by atoms with van der Waals surface area (Å²) in [6, 6.07) is 1.69. The van der Waals surface area contributed by atoms with Crippen LogP contribution >= 0.6 is 0 Å². The molecule has 76 valence electrons. The van der Waals surface area contributed by atoms with Crippen molar-refractivity contribution in [1.29, 1.82) is 0 Å². The van der Waals surface area contributed by atoms with Crippen molar-refractivity contribution in [3.63, 3.8) is 0 Å². The van der Waals surface area contributed by atoms with Gasteiger partial charge in [-0.2, -0.15) is 0 Å². The largest absolute Gasteiger partial charge is 0.477 e. The van der Waals surface area contributed by atoms with Crippen molar-refractivity contribution in [2.45, 2.75) is 6.54 Å². The zero-order valence-corrected chi connectivity index (χ0v) is 6.92. The fraction of sp³-hybridized carbons (Fsp3) is 0.125. The number of hydrogen-bond acceptors (Lipinski definition) is 3. The Morgan fingerprint density at radius 3 is 2.21 bits per heavy atom. The van der Waals surface area contributed by atoms with Crippen LogP contribution < -0.4 is 5.48 Å². The van der Waals surface area contributed by atoms with Gasteiger partial charge in [-0.3, -0.25) is 0 Å². The first-order chi connectivity index (χ1) is 6.56. The second-order valence-electron chi connectivity index (χ2n) is 2.57. The summed E-state index contributed by atoms with van der Waals surface area (Å²) in [5, 5.41) is 16.7. The lowest BCUT2D eigenvalue weighted by Crippen LogP contribution is -2.10. The average molecular weight is 203 g/mol. The maximum atomic E-state index is 13.0. The number of halogens is 2. The number of aromatic carboxylic acids is 1. The van der Waals surface area contributed by atoms with Crippen molar-refractivity contribution in [2.24, 2.45) is 0 Å². The molecule has 6 heteroatoms. The van der Waals surface area contributed by atoms with E-state index in [2.05, 4.69) is 0 Å². The molecule has 0 saturated heterocycles. The molecular formula is C8H7F2NO3. The minimum Gasteiger partial charge on any atom is -0.477 e. The molecule has 0 saturated carbocycles. The summed E-state index contributed by atoms with van der Waals surface area (Å²) in [6.45, 7) is -0.159. The molecule has 0 radical (unpaired) electrons. The monoisotopic (exact) mass is 203 g/mol. The van der Waals surface area contributed by atoms with Crippen LogP contribution in [0.15, 0.2) is 12.1 Å². The molecule has 0 amide bonds. The molecule has 0 aromatic heterocycles. The summed E-state index contributed by atoms with van der Waals surface area (Å²) < 4.78 is 25.9. The predicted octanol–water partition coefficient (Wildman–Crippen LogP) is 1.14. The standard InChI is InChI=1S/C8H7F2NO3/c9-5-1-4(3-11-14)2-6(10)7(5)8(12)13/h1-2,11,14H,3H2,(H,12,13). The topological polar surface area (TPSA) is 69.6 Å². The van der Waals surface area contributed by atoms with Gasteiger partial charge in [0, 0.05) is 6.54 Å². The van der Waals surface area contributed by atoms with Crippen molar-refractivity contribution >= 4 is 5.97 Å². The third kappa shape index (κ3) is 2.04. The highest BCUT2D eigenvalue weighted by molar-refractivity contribution is 5.88. The number of nitrogens with one attached hydrogen (secondary N) is 1. The molecule has 0 heterocycles. The van der Waals surface area contributed by atoms with Crippen LogP contribution in [0.25, 0.3) is 0 Å². The van der Waals surface area contributed by atoms with Gasteiger partial charge >= 0.3 is 5.97 Å². The highest BCUT2D eigenvalue weighted by atomic mass is 19.1. The van der Waals surface area contributed by atoms with E-state index in [1.54, 1.807) is 5.48 Å². The Kier molecular flexibility index (Phi) is 3.10. The van der Waals surface area contributed by atoms with Gasteiger partial charge < -0.3 is 10.3 Å². The molecule has 14 heavy (non-hydrogen) atoms. The molecular weight excluding hydrogens is 196 g/mol. The molecule has 3 N–H and O–H groups in total. The lowest BCUT2D eigenvalue weighted by molar-refractivity contribution is 0.0686. The molecule has 0 bridgehead atoms. The molecule has 1 aromatic carbocycles. The van der Waals surface area contributed by atoms with E-state index in [9.17, 15) is 13.6 Å². The molecule has 1 aromatic rings. The first-order valence-corrected chi connectivity index (χ1v) is 3.64. The minimum absolute atomic E-state index is 0.118. The number of rotatable bonds is 3. The van der Waals surface area contributed by atoms with Gasteiger partial charge in [0.15, 0.2) is 0 Å². The fourth-order valence-electron chi connectivity index (χ4n) is 1.02. The number of benzene rings is 1. The molecule has 0 unspecified atom stereocenters. The number of carboxylic acid groups (broad SMARTS) is 1. The van der Waals surface area contributed by atoms with Crippen molar-refractivity contribution in [2.75, 3.05) is 0 Å². The van der Waals surface area contributed by atoms with Crippen molar-refractivity contribution in [3.05, 3.63) is 34.9 Å². The second-order valence-corrected chi connectivity index (χ2v) is 2.57. The van der Waals surface area contributed by atoms with E-state index in [0.29, 0.717) is 0 Å². The first kappa shape index (κ1) is 10.6. The van der Waals surface area contributed by atoms with Gasteiger partial charge in [0.05, 0.1) is 0 Å². The Hall–Kier alpha value is -1.53. The van der Waals surface area contributed by atoms with Crippen LogP contribution in [0.4, 0.5) is 8.78 Å². The van der Waals surface area contributed by atoms with E-state index >= 15 is 0 Å². The van der Waals surface area contributed by atoms with Gasteiger partial charge in [-0.1, -0.05) is 0 Å². The highest BCUT2D eigenvalue weighted by Gasteiger charge is 2.17. The minimum atomic E-state index is -1.66. The average Bonchev–Trinajstić information content (AvgIpc) is 2.01. The maximum absolute atomic E-state index is 13.0. The van der Waals surface area contributed by atoms with E-state index < -0.39 is 23.2 Å². The lowest BCUT2D eigenvalue weighted by Gasteiger charge is -2.03. The van der Waals surface area contributed by atoms with E-state index in [1.807, 2.05) is 0 Å². The third-order valence-corrected chi connectivity index (χ3v) is 1.60. The van der Waals surface area contributed by atoms with E-state index in [0.717, 1.165) is 12.1 Å².